The molecule has 1 saturated heterocycles. The van der Waals surface area contributed by atoms with Crippen LogP contribution in [0.25, 0.3) is 11.3 Å². The van der Waals surface area contributed by atoms with E-state index < -0.39 is 11.7 Å². The lowest BCUT2D eigenvalue weighted by molar-refractivity contribution is -0.137. The van der Waals surface area contributed by atoms with Gasteiger partial charge in [0.2, 0.25) is 0 Å². The minimum absolute atomic E-state index is 0.200. The smallest absolute Gasteiger partial charge is 0.355 e. The molecular formula is C21H18ClF3N4O2. The number of amides is 1. The van der Waals surface area contributed by atoms with E-state index in [2.05, 4.69) is 10.1 Å². The molecule has 0 spiro atoms. The fourth-order valence-electron chi connectivity index (χ4n) is 3.38. The van der Waals surface area contributed by atoms with Gasteiger partial charge in [0.1, 0.15) is 5.82 Å². The molecule has 4 rings (SSSR count). The van der Waals surface area contributed by atoms with Gasteiger partial charge in [0, 0.05) is 49.0 Å². The topological polar surface area (TPSA) is 62.5 Å². The maximum atomic E-state index is 12.9. The predicted octanol–water partition coefficient (Wildman–Crippen LogP) is 4.76. The molecule has 0 atom stereocenters. The van der Waals surface area contributed by atoms with Gasteiger partial charge in [0.25, 0.3) is 5.91 Å². The molecule has 0 unspecified atom stereocenters. The Morgan fingerprint density at radius 1 is 1.03 bits per heavy atom. The predicted molar refractivity (Wildman–Crippen MR) is 109 cm³/mol. The minimum atomic E-state index is -4.42. The maximum absolute atomic E-state index is 12.9. The van der Waals surface area contributed by atoms with Crippen LogP contribution in [0.4, 0.5) is 19.0 Å². The minimum Gasteiger partial charge on any atom is -0.355 e. The van der Waals surface area contributed by atoms with Crippen molar-refractivity contribution in [2.24, 2.45) is 0 Å². The van der Waals surface area contributed by atoms with Gasteiger partial charge in [-0.15, -0.1) is 0 Å². The maximum Gasteiger partial charge on any atom is 0.417 e. The van der Waals surface area contributed by atoms with Crippen molar-refractivity contribution in [1.82, 2.24) is 15.0 Å². The molecule has 0 radical (unpaired) electrons. The Morgan fingerprint density at radius 3 is 2.48 bits per heavy atom. The second-order valence-electron chi connectivity index (χ2n) is 7.12. The molecule has 2 aromatic heterocycles. The molecule has 31 heavy (non-hydrogen) atoms. The van der Waals surface area contributed by atoms with Gasteiger partial charge in [-0.1, -0.05) is 16.8 Å². The van der Waals surface area contributed by atoms with E-state index >= 15 is 0 Å². The molecule has 1 fully saturated rings. The number of carbonyl (C=O) groups is 1. The molecule has 6 nitrogen and oxygen atoms in total. The van der Waals surface area contributed by atoms with Crippen LogP contribution in [0.1, 0.15) is 22.5 Å². The Bertz CT molecular complexity index is 1050. The highest BCUT2D eigenvalue weighted by molar-refractivity contribution is 6.30. The average Bonchev–Trinajstić information content (AvgIpc) is 3.11. The zero-order valence-electron chi connectivity index (χ0n) is 16.3. The van der Waals surface area contributed by atoms with Crippen molar-refractivity contribution >= 4 is 23.3 Å². The summed E-state index contributed by atoms with van der Waals surface area (Å²) >= 11 is 5.89. The van der Waals surface area contributed by atoms with Gasteiger partial charge in [0.05, 0.1) is 5.56 Å². The van der Waals surface area contributed by atoms with E-state index in [1.807, 2.05) is 4.90 Å². The van der Waals surface area contributed by atoms with Crippen LogP contribution in [0.15, 0.2) is 53.2 Å². The zero-order chi connectivity index (χ0) is 22.0. The summed E-state index contributed by atoms with van der Waals surface area (Å²) in [6.07, 6.45) is -2.94. The third kappa shape index (κ3) is 4.82. The summed E-state index contributed by atoms with van der Waals surface area (Å²) < 4.78 is 43.5. The summed E-state index contributed by atoms with van der Waals surface area (Å²) in [7, 11) is 0. The van der Waals surface area contributed by atoms with Gasteiger partial charge >= 0.3 is 6.18 Å². The lowest BCUT2D eigenvalue weighted by atomic mass is 10.1. The van der Waals surface area contributed by atoms with Crippen molar-refractivity contribution in [3.8, 4) is 11.3 Å². The van der Waals surface area contributed by atoms with Crippen LogP contribution in [-0.4, -0.2) is 47.1 Å². The van der Waals surface area contributed by atoms with Crippen molar-refractivity contribution < 1.29 is 22.5 Å². The van der Waals surface area contributed by atoms with Crippen molar-refractivity contribution in [3.05, 3.63) is 64.9 Å². The standard InChI is InChI=1S/C21H18ClF3N4O2/c22-16-5-2-14(3-6-16)18-12-17(27-31-18)20(30)29-9-1-8-28(10-11-29)19-7-4-15(13-26-19)21(23,24)25/h2-7,12-13H,1,8-11H2. The fourth-order valence-corrected chi connectivity index (χ4v) is 3.50. The van der Waals surface area contributed by atoms with Crippen molar-refractivity contribution in [3.63, 3.8) is 0 Å². The van der Waals surface area contributed by atoms with Crippen LogP contribution in [-0.2, 0) is 6.18 Å². The first kappa shape index (κ1) is 21.2. The summed E-state index contributed by atoms with van der Waals surface area (Å²) in [4.78, 5) is 20.4. The number of halogens is 4. The normalized spacial score (nSPS) is 15.1. The van der Waals surface area contributed by atoms with E-state index in [4.69, 9.17) is 16.1 Å². The molecular weight excluding hydrogens is 433 g/mol. The molecule has 1 aliphatic heterocycles. The van der Waals surface area contributed by atoms with Gasteiger partial charge in [-0.25, -0.2) is 4.98 Å². The average molecular weight is 451 g/mol. The zero-order valence-corrected chi connectivity index (χ0v) is 17.0. The van der Waals surface area contributed by atoms with E-state index in [0.717, 1.165) is 17.8 Å². The molecule has 3 heterocycles. The Hall–Kier alpha value is -3.07. The van der Waals surface area contributed by atoms with Crippen LogP contribution < -0.4 is 4.90 Å². The van der Waals surface area contributed by atoms with Crippen molar-refractivity contribution in [1.29, 1.82) is 0 Å². The summed E-state index contributed by atoms with van der Waals surface area (Å²) in [5.74, 6) is 0.658. The first-order valence-electron chi connectivity index (χ1n) is 9.61. The van der Waals surface area contributed by atoms with Crippen molar-refractivity contribution in [2.75, 3.05) is 31.1 Å². The van der Waals surface area contributed by atoms with Crippen LogP contribution in [0, 0.1) is 0 Å². The molecule has 3 aromatic rings. The summed E-state index contributed by atoms with van der Waals surface area (Å²) in [5.41, 5.74) is 0.169. The number of hydrogen-bond acceptors (Lipinski definition) is 5. The molecule has 162 valence electrons. The highest BCUT2D eigenvalue weighted by Crippen LogP contribution is 2.29. The molecule has 0 aliphatic carbocycles. The SMILES string of the molecule is O=C(c1cc(-c2ccc(Cl)cc2)on1)N1CCCN(c2ccc(C(F)(F)F)cn2)CC1. The molecule has 1 amide bonds. The largest absolute Gasteiger partial charge is 0.417 e. The lowest BCUT2D eigenvalue weighted by Gasteiger charge is -2.22. The molecule has 1 aromatic carbocycles. The number of hydrogen-bond donors (Lipinski definition) is 0. The van der Waals surface area contributed by atoms with Crippen molar-refractivity contribution in [2.45, 2.75) is 12.6 Å². The Morgan fingerprint density at radius 2 is 1.81 bits per heavy atom. The highest BCUT2D eigenvalue weighted by Gasteiger charge is 2.31. The Labute approximate surface area is 181 Å². The van der Waals surface area contributed by atoms with Gasteiger partial charge in [-0.3, -0.25) is 4.79 Å². The first-order chi connectivity index (χ1) is 14.8. The van der Waals surface area contributed by atoms with Gasteiger partial charge in [0.15, 0.2) is 11.5 Å². The number of pyridine rings is 1. The van der Waals surface area contributed by atoms with Crippen LogP contribution in [0.5, 0.6) is 0 Å². The van der Waals surface area contributed by atoms with Gasteiger partial charge in [-0.2, -0.15) is 13.2 Å². The lowest BCUT2D eigenvalue weighted by Crippen LogP contribution is -2.35. The molecule has 0 saturated carbocycles. The third-order valence-corrected chi connectivity index (χ3v) is 5.29. The third-order valence-electron chi connectivity index (χ3n) is 5.04. The number of aromatic nitrogens is 2. The van der Waals surface area contributed by atoms with E-state index in [1.54, 1.807) is 35.2 Å². The number of anilines is 1. The molecule has 10 heteroatoms. The van der Waals surface area contributed by atoms with Gasteiger partial charge in [-0.05, 0) is 42.8 Å². The highest BCUT2D eigenvalue weighted by atomic mass is 35.5. The number of rotatable bonds is 3. The fraction of sp³-hybridized carbons (Fsp3) is 0.286. The Kier molecular flexibility index (Phi) is 5.86. The van der Waals surface area contributed by atoms with E-state index in [1.165, 1.54) is 6.07 Å². The monoisotopic (exact) mass is 450 g/mol. The van der Waals surface area contributed by atoms with E-state index in [-0.39, 0.29) is 11.6 Å². The summed E-state index contributed by atoms with van der Waals surface area (Å²) in [6, 6.07) is 11.0. The van der Waals surface area contributed by atoms with Crippen LogP contribution >= 0.6 is 11.6 Å². The quantitative estimate of drug-likeness (QED) is 0.575. The molecule has 0 bridgehead atoms. The van der Waals surface area contributed by atoms with Gasteiger partial charge < -0.3 is 14.3 Å². The summed E-state index contributed by atoms with van der Waals surface area (Å²) in [6.45, 7) is 1.92. The Balaban J connectivity index is 1.42. The first-order valence-corrected chi connectivity index (χ1v) is 9.99. The summed E-state index contributed by atoms with van der Waals surface area (Å²) in [5, 5.41) is 4.49. The number of nitrogens with zero attached hydrogens (tertiary/aromatic N) is 4. The van der Waals surface area contributed by atoms with Crippen LogP contribution in [0.2, 0.25) is 5.02 Å². The van der Waals surface area contributed by atoms with E-state index in [9.17, 15) is 18.0 Å². The second kappa shape index (κ2) is 8.58. The number of benzene rings is 1. The molecule has 1 aliphatic rings. The number of carbonyl (C=O) groups excluding carboxylic acids is 1. The second-order valence-corrected chi connectivity index (χ2v) is 7.56. The molecule has 0 N–H and O–H groups in total. The van der Waals surface area contributed by atoms with Crippen LogP contribution in [0.3, 0.4) is 0 Å². The number of alkyl halides is 3. The van der Waals surface area contributed by atoms with E-state index in [0.29, 0.717) is 49.2 Å².